The highest BCUT2D eigenvalue weighted by Gasteiger charge is 2.17. The largest absolute Gasteiger partial charge is 0.452 e. The number of amides is 1. The number of thiazole rings is 1. The van der Waals surface area contributed by atoms with E-state index in [1.807, 2.05) is 53.9 Å². The number of para-hydroxylation sites is 1. The average Bonchev–Trinajstić information content (AvgIpc) is 3.35. The number of esters is 1. The number of halogens is 1. The molecule has 2 aromatic carbocycles. The molecule has 0 aliphatic heterocycles. The summed E-state index contributed by atoms with van der Waals surface area (Å²) in [4.78, 5) is 38.6. The maximum absolute atomic E-state index is 13.0. The number of hydrogen-bond acceptors (Lipinski definition) is 7. The molecule has 0 saturated carbocycles. The lowest BCUT2D eigenvalue weighted by molar-refractivity contribution is -0.119. The number of nitrogens with one attached hydrogen (secondary N) is 1. The van der Waals surface area contributed by atoms with Crippen LogP contribution in [0.15, 0.2) is 89.0 Å². The van der Waals surface area contributed by atoms with Crippen LogP contribution in [0.4, 0.5) is 5.13 Å². The van der Waals surface area contributed by atoms with E-state index in [4.69, 9.17) is 4.74 Å². The van der Waals surface area contributed by atoms with Crippen LogP contribution in [0.1, 0.15) is 10.4 Å². The van der Waals surface area contributed by atoms with Crippen LogP contribution >= 0.6 is 27.3 Å². The van der Waals surface area contributed by atoms with Crippen LogP contribution in [0.2, 0.25) is 0 Å². The molecule has 1 amide bonds. The number of pyridine rings is 2. The van der Waals surface area contributed by atoms with Gasteiger partial charge in [-0.25, -0.2) is 14.8 Å². The second-order valence-electron chi connectivity index (χ2n) is 7.49. The fourth-order valence-corrected chi connectivity index (χ4v) is 4.62. The van der Waals surface area contributed by atoms with E-state index in [1.165, 1.54) is 11.3 Å². The Morgan fingerprint density at radius 1 is 0.943 bits per heavy atom. The summed E-state index contributed by atoms with van der Waals surface area (Å²) in [6.07, 6.45) is 3.35. The number of aromatic nitrogens is 3. The zero-order valence-electron chi connectivity index (χ0n) is 18.1. The highest BCUT2D eigenvalue weighted by Crippen LogP contribution is 2.27. The summed E-state index contributed by atoms with van der Waals surface area (Å²) in [7, 11) is 0. The van der Waals surface area contributed by atoms with Gasteiger partial charge in [-0.2, -0.15) is 0 Å². The Bertz CT molecular complexity index is 1540. The SMILES string of the molecule is O=C(COC(=O)c1cc(-c2cccnc2)nc2ccccc12)Nc1nc(-c2cccc(Br)c2)cs1. The summed E-state index contributed by atoms with van der Waals surface area (Å²) in [6, 6.07) is 20.3. The van der Waals surface area contributed by atoms with Crippen molar-refractivity contribution in [2.75, 3.05) is 11.9 Å². The van der Waals surface area contributed by atoms with Crippen molar-refractivity contribution in [3.63, 3.8) is 0 Å². The number of ether oxygens (including phenoxy) is 1. The maximum atomic E-state index is 13.0. The highest BCUT2D eigenvalue weighted by atomic mass is 79.9. The molecule has 3 aromatic heterocycles. The van der Waals surface area contributed by atoms with Crippen molar-refractivity contribution in [2.45, 2.75) is 0 Å². The monoisotopic (exact) mass is 544 g/mol. The van der Waals surface area contributed by atoms with Crippen molar-refractivity contribution in [3.8, 4) is 22.5 Å². The van der Waals surface area contributed by atoms with Crippen molar-refractivity contribution >= 4 is 55.2 Å². The fraction of sp³-hybridized carbons (Fsp3) is 0.0385. The first-order chi connectivity index (χ1) is 17.1. The van der Waals surface area contributed by atoms with Crippen molar-refractivity contribution < 1.29 is 14.3 Å². The Kier molecular flexibility index (Phi) is 6.60. The first kappa shape index (κ1) is 22.8. The van der Waals surface area contributed by atoms with Gasteiger partial charge in [-0.05, 0) is 36.4 Å². The van der Waals surface area contributed by atoms with E-state index in [9.17, 15) is 9.59 Å². The van der Waals surface area contributed by atoms with E-state index in [-0.39, 0.29) is 0 Å². The van der Waals surface area contributed by atoms with Gasteiger partial charge in [-0.3, -0.25) is 15.1 Å². The Morgan fingerprint density at radius 2 is 1.80 bits per heavy atom. The summed E-state index contributed by atoms with van der Waals surface area (Å²) in [5.41, 5.74) is 4.01. The molecule has 7 nitrogen and oxygen atoms in total. The van der Waals surface area contributed by atoms with Gasteiger partial charge in [-0.1, -0.05) is 46.3 Å². The number of rotatable bonds is 6. The molecule has 9 heteroatoms. The molecule has 3 heterocycles. The van der Waals surface area contributed by atoms with E-state index in [2.05, 4.69) is 36.2 Å². The predicted octanol–water partition coefficient (Wildman–Crippen LogP) is 5.98. The van der Waals surface area contributed by atoms with Gasteiger partial charge in [0.1, 0.15) is 0 Å². The highest BCUT2D eigenvalue weighted by molar-refractivity contribution is 9.10. The van der Waals surface area contributed by atoms with Gasteiger partial charge in [0.15, 0.2) is 11.7 Å². The summed E-state index contributed by atoms with van der Waals surface area (Å²) in [6.45, 7) is -0.441. The van der Waals surface area contributed by atoms with Crippen LogP contribution in [0.3, 0.4) is 0 Å². The summed E-state index contributed by atoms with van der Waals surface area (Å²) in [5, 5.41) is 5.61. The normalized spacial score (nSPS) is 10.8. The molecule has 1 N–H and O–H groups in total. The first-order valence-electron chi connectivity index (χ1n) is 10.6. The van der Waals surface area contributed by atoms with Gasteiger partial charge in [0.05, 0.1) is 22.5 Å². The number of carbonyl (C=O) groups is 2. The number of fused-ring (bicyclic) bond motifs is 1. The maximum Gasteiger partial charge on any atom is 0.339 e. The molecule has 0 saturated heterocycles. The van der Waals surface area contributed by atoms with Crippen molar-refractivity contribution in [3.05, 3.63) is 94.5 Å². The van der Waals surface area contributed by atoms with E-state index >= 15 is 0 Å². The van der Waals surface area contributed by atoms with Gasteiger partial charge in [-0.15, -0.1) is 11.3 Å². The fourth-order valence-electron chi connectivity index (χ4n) is 3.48. The van der Waals surface area contributed by atoms with Crippen LogP contribution in [0.25, 0.3) is 33.4 Å². The quantitative estimate of drug-likeness (QED) is 0.264. The molecule has 172 valence electrons. The first-order valence-corrected chi connectivity index (χ1v) is 12.2. The minimum Gasteiger partial charge on any atom is -0.452 e. The lowest BCUT2D eigenvalue weighted by atomic mass is 10.1. The number of nitrogens with zero attached hydrogens (tertiary/aromatic N) is 3. The van der Waals surface area contributed by atoms with Crippen LogP contribution in [0, 0.1) is 0 Å². The standard InChI is InChI=1S/C26H17BrN4O3S/c27-18-7-3-5-16(11-18)23-15-35-26(30-23)31-24(32)14-34-25(33)20-12-22(17-6-4-10-28-13-17)29-21-9-2-1-8-19(20)21/h1-13,15H,14H2,(H,30,31,32). The molecule has 0 aliphatic rings. The molecule has 5 rings (SSSR count). The molecule has 0 atom stereocenters. The lowest BCUT2D eigenvalue weighted by Crippen LogP contribution is -2.21. The minimum absolute atomic E-state index is 0.327. The van der Waals surface area contributed by atoms with Crippen LogP contribution in [-0.2, 0) is 9.53 Å². The van der Waals surface area contributed by atoms with Crippen molar-refractivity contribution in [1.82, 2.24) is 15.0 Å². The molecule has 0 bridgehead atoms. The van der Waals surface area contributed by atoms with Crippen LogP contribution in [0.5, 0.6) is 0 Å². The third-order valence-electron chi connectivity index (χ3n) is 5.10. The number of hydrogen-bond donors (Lipinski definition) is 1. The molecule has 0 fully saturated rings. The molecule has 35 heavy (non-hydrogen) atoms. The number of benzene rings is 2. The van der Waals surface area contributed by atoms with Gasteiger partial charge in [0.25, 0.3) is 5.91 Å². The second kappa shape index (κ2) is 10.1. The van der Waals surface area contributed by atoms with E-state index in [0.717, 1.165) is 21.3 Å². The van der Waals surface area contributed by atoms with Crippen LogP contribution in [-0.4, -0.2) is 33.4 Å². The second-order valence-corrected chi connectivity index (χ2v) is 9.26. The zero-order chi connectivity index (χ0) is 24.2. The zero-order valence-corrected chi connectivity index (χ0v) is 20.5. The minimum atomic E-state index is -0.613. The average molecular weight is 545 g/mol. The number of anilines is 1. The third kappa shape index (κ3) is 5.26. The van der Waals surface area contributed by atoms with E-state index < -0.39 is 18.5 Å². The van der Waals surface area contributed by atoms with E-state index in [1.54, 1.807) is 30.6 Å². The predicted molar refractivity (Wildman–Crippen MR) is 139 cm³/mol. The Hall–Kier alpha value is -3.95. The van der Waals surface area contributed by atoms with Crippen molar-refractivity contribution in [2.24, 2.45) is 0 Å². The smallest absolute Gasteiger partial charge is 0.339 e. The molecular formula is C26H17BrN4O3S. The molecular weight excluding hydrogens is 528 g/mol. The van der Waals surface area contributed by atoms with Gasteiger partial charge in [0.2, 0.25) is 0 Å². The summed E-state index contributed by atoms with van der Waals surface area (Å²) in [5.74, 6) is -1.09. The van der Waals surface area contributed by atoms with E-state index in [0.29, 0.717) is 27.3 Å². The Balaban J connectivity index is 1.30. The third-order valence-corrected chi connectivity index (χ3v) is 6.35. The Labute approximate surface area is 213 Å². The molecule has 5 aromatic rings. The van der Waals surface area contributed by atoms with Gasteiger partial charge < -0.3 is 4.74 Å². The summed E-state index contributed by atoms with van der Waals surface area (Å²) >= 11 is 4.74. The molecule has 0 aliphatic carbocycles. The molecule has 0 radical (unpaired) electrons. The Morgan fingerprint density at radius 3 is 2.63 bits per heavy atom. The topological polar surface area (TPSA) is 94.1 Å². The molecule has 0 spiro atoms. The summed E-state index contributed by atoms with van der Waals surface area (Å²) < 4.78 is 6.29. The molecule has 0 unspecified atom stereocenters. The van der Waals surface area contributed by atoms with Crippen LogP contribution < -0.4 is 5.32 Å². The van der Waals surface area contributed by atoms with Gasteiger partial charge in [0, 0.05) is 38.8 Å². The van der Waals surface area contributed by atoms with Crippen molar-refractivity contribution in [1.29, 1.82) is 0 Å². The lowest BCUT2D eigenvalue weighted by Gasteiger charge is -2.10. The number of carbonyl (C=O) groups excluding carboxylic acids is 2. The van der Waals surface area contributed by atoms with Gasteiger partial charge >= 0.3 is 5.97 Å².